The molecule has 1 aliphatic carbocycles. The second-order valence-corrected chi connectivity index (χ2v) is 5.23. The highest BCUT2D eigenvalue weighted by atomic mass is 16.3. The van der Waals surface area contributed by atoms with Gasteiger partial charge in [-0.2, -0.15) is 0 Å². The number of benzene rings is 1. The van der Waals surface area contributed by atoms with Crippen molar-refractivity contribution >= 4 is 0 Å². The van der Waals surface area contributed by atoms with Crippen LogP contribution >= 0.6 is 0 Å². The molecule has 2 heterocycles. The number of imidazole rings is 1. The Kier molecular flexibility index (Phi) is 1.58. The molecule has 0 amide bonds. The Morgan fingerprint density at radius 2 is 2.10 bits per heavy atom. The Morgan fingerprint density at radius 3 is 2.95 bits per heavy atom. The van der Waals surface area contributed by atoms with Gasteiger partial charge in [0, 0.05) is 19.3 Å². The number of nitrogens with zero attached hydrogens (tertiary/aromatic N) is 2. The molecule has 0 saturated heterocycles. The van der Waals surface area contributed by atoms with Crippen molar-refractivity contribution in [3.05, 3.63) is 42.4 Å². The van der Waals surface area contributed by atoms with Crippen molar-refractivity contribution in [3.63, 3.8) is 0 Å². The fourth-order valence-electron chi connectivity index (χ4n) is 3.03. The molecule has 110 valence electrons. The first-order valence-corrected chi connectivity index (χ1v) is 6.90. The Hall–Kier alpha value is -1.61. The number of aliphatic hydroxyl groups excluding tert-OH is 1. The lowest BCUT2D eigenvalue weighted by atomic mass is 9.82. The largest absolute Gasteiger partial charge is 0.393 e. The Balaban J connectivity index is 1.77. The Bertz CT molecular complexity index is 988. The van der Waals surface area contributed by atoms with Crippen LogP contribution in [0.4, 0.5) is 0 Å². The summed E-state index contributed by atoms with van der Waals surface area (Å²) in [5.41, 5.74) is 2.43. The molecule has 2 unspecified atom stereocenters. The van der Waals surface area contributed by atoms with Gasteiger partial charge in [0.25, 0.3) is 0 Å². The van der Waals surface area contributed by atoms with E-state index in [-0.39, 0.29) is 6.42 Å². The van der Waals surface area contributed by atoms with Gasteiger partial charge in [-0.05, 0) is 30.6 Å². The van der Waals surface area contributed by atoms with Crippen molar-refractivity contribution in [1.29, 1.82) is 0 Å². The van der Waals surface area contributed by atoms with E-state index in [9.17, 15) is 5.11 Å². The third-order valence-electron chi connectivity index (χ3n) is 4.03. The highest BCUT2D eigenvalue weighted by Crippen LogP contribution is 2.42. The molecule has 0 spiro atoms. The quantitative estimate of drug-likeness (QED) is 0.935. The summed E-state index contributed by atoms with van der Waals surface area (Å²) >= 11 is 0. The van der Waals surface area contributed by atoms with Gasteiger partial charge >= 0.3 is 0 Å². The van der Waals surface area contributed by atoms with E-state index in [1.165, 1.54) is 6.33 Å². The lowest BCUT2D eigenvalue weighted by Gasteiger charge is -2.29. The standard InChI is InChI=1S/C18H22N2O/c21-18(13-6-2-1-3-7-13)10-16-14-8-4-5-9-15(14)17-11-19-12-20(16)17/h4-5,8-9,11-13,16,18,21H,1-3,6-7,10H2/i1D2,2D2,3D2,6D2,7D2. The van der Waals surface area contributed by atoms with Crippen LogP contribution in [-0.4, -0.2) is 20.8 Å². The zero-order valence-corrected chi connectivity index (χ0v) is 11.2. The van der Waals surface area contributed by atoms with Gasteiger partial charge in [0.2, 0.25) is 0 Å². The smallest absolute Gasteiger partial charge is 0.0956 e. The summed E-state index contributed by atoms with van der Waals surface area (Å²) in [7, 11) is 0. The van der Waals surface area contributed by atoms with Crippen LogP contribution in [0.15, 0.2) is 36.8 Å². The zero-order valence-electron chi connectivity index (χ0n) is 21.2. The number of rotatable bonds is 3. The maximum Gasteiger partial charge on any atom is 0.0956 e. The molecule has 0 bridgehead atoms. The van der Waals surface area contributed by atoms with Crippen molar-refractivity contribution in [2.24, 2.45) is 5.92 Å². The number of aliphatic hydroxyl groups is 1. The van der Waals surface area contributed by atoms with E-state index in [4.69, 9.17) is 13.7 Å². The second-order valence-electron chi connectivity index (χ2n) is 5.23. The lowest BCUT2D eigenvalue weighted by Crippen LogP contribution is -2.26. The highest BCUT2D eigenvalue weighted by Gasteiger charge is 2.32. The van der Waals surface area contributed by atoms with Gasteiger partial charge < -0.3 is 9.67 Å². The minimum Gasteiger partial charge on any atom is -0.393 e. The SMILES string of the molecule is [2H]C1([2H])C(C(O)CC2c3ccccc3-c3cncn32)C([2H])([2H])C([2H])([2H])C([2H])([2H])C1([2H])[2H]. The molecule has 2 aromatic rings. The molecule has 1 aliphatic heterocycles. The van der Waals surface area contributed by atoms with Gasteiger partial charge in [-0.15, -0.1) is 0 Å². The van der Waals surface area contributed by atoms with E-state index >= 15 is 0 Å². The van der Waals surface area contributed by atoms with E-state index in [0.29, 0.717) is 0 Å². The van der Waals surface area contributed by atoms with Gasteiger partial charge in [-0.1, -0.05) is 43.4 Å². The van der Waals surface area contributed by atoms with E-state index in [2.05, 4.69) is 4.98 Å². The van der Waals surface area contributed by atoms with E-state index < -0.39 is 49.9 Å². The van der Waals surface area contributed by atoms with E-state index in [1.807, 2.05) is 18.2 Å². The molecule has 2 atom stereocenters. The first-order valence-electron chi connectivity index (χ1n) is 11.9. The van der Waals surface area contributed by atoms with Crippen LogP contribution in [0.5, 0.6) is 0 Å². The molecular formula is C18H22N2O. The van der Waals surface area contributed by atoms with Crippen molar-refractivity contribution in [2.75, 3.05) is 0 Å². The van der Waals surface area contributed by atoms with Crippen LogP contribution in [0.25, 0.3) is 11.3 Å². The molecule has 1 aromatic carbocycles. The molecule has 1 N–H and O–H groups in total. The summed E-state index contributed by atoms with van der Waals surface area (Å²) in [6, 6.07) is 6.77. The third-order valence-corrected chi connectivity index (χ3v) is 4.03. The van der Waals surface area contributed by atoms with E-state index in [0.717, 1.165) is 16.8 Å². The second kappa shape index (κ2) is 5.30. The predicted octanol–water partition coefficient (Wildman–Crippen LogP) is 3.78. The Morgan fingerprint density at radius 1 is 1.29 bits per heavy atom. The van der Waals surface area contributed by atoms with Gasteiger partial charge in [0.1, 0.15) is 0 Å². The molecular weight excluding hydrogens is 260 g/mol. The minimum absolute atomic E-state index is 0.223. The van der Waals surface area contributed by atoms with Crippen LogP contribution in [-0.2, 0) is 0 Å². The van der Waals surface area contributed by atoms with Gasteiger partial charge in [-0.3, -0.25) is 0 Å². The summed E-state index contributed by atoms with van der Waals surface area (Å²) in [5.74, 6) is -2.16. The van der Waals surface area contributed by atoms with Crippen LogP contribution in [0, 0.1) is 5.92 Å². The van der Waals surface area contributed by atoms with Crippen molar-refractivity contribution < 1.29 is 18.8 Å². The summed E-state index contributed by atoms with van der Waals surface area (Å²) in [6.07, 6.45) is -15.5. The van der Waals surface area contributed by atoms with E-state index in [1.54, 1.807) is 16.8 Å². The summed E-state index contributed by atoms with van der Waals surface area (Å²) in [5, 5.41) is 11.1. The third kappa shape index (κ3) is 2.20. The van der Waals surface area contributed by atoms with Crippen molar-refractivity contribution in [3.8, 4) is 11.3 Å². The first-order chi connectivity index (χ1) is 14.1. The Labute approximate surface area is 139 Å². The van der Waals surface area contributed by atoms with Gasteiger partial charge in [-0.25, -0.2) is 4.98 Å². The van der Waals surface area contributed by atoms with Crippen molar-refractivity contribution in [1.82, 2.24) is 9.55 Å². The molecule has 0 radical (unpaired) electrons. The van der Waals surface area contributed by atoms with Gasteiger partial charge in [0.15, 0.2) is 0 Å². The molecule has 3 nitrogen and oxygen atoms in total. The number of aromatic nitrogens is 2. The fourth-order valence-corrected chi connectivity index (χ4v) is 3.03. The molecule has 21 heavy (non-hydrogen) atoms. The maximum absolute atomic E-state index is 11.1. The van der Waals surface area contributed by atoms with Crippen LogP contribution in [0.1, 0.15) is 63.6 Å². The topological polar surface area (TPSA) is 38.1 Å². The highest BCUT2D eigenvalue weighted by molar-refractivity contribution is 5.68. The van der Waals surface area contributed by atoms with Gasteiger partial charge in [0.05, 0.1) is 30.4 Å². The molecule has 4 rings (SSSR count). The first kappa shape index (κ1) is 6.25. The van der Waals surface area contributed by atoms with Crippen LogP contribution < -0.4 is 0 Å². The summed E-state index contributed by atoms with van der Waals surface area (Å²) in [6.45, 7) is 0. The number of fused-ring (bicyclic) bond motifs is 3. The monoisotopic (exact) mass is 292 g/mol. The molecule has 2 aliphatic rings. The van der Waals surface area contributed by atoms with Crippen LogP contribution in [0.2, 0.25) is 0 Å². The van der Waals surface area contributed by atoms with Crippen molar-refractivity contribution in [2.45, 2.75) is 50.4 Å². The van der Waals surface area contributed by atoms with Crippen LogP contribution in [0.3, 0.4) is 0 Å². The molecule has 1 fully saturated rings. The predicted molar refractivity (Wildman–Crippen MR) is 83.0 cm³/mol. The lowest BCUT2D eigenvalue weighted by molar-refractivity contribution is 0.0686. The maximum atomic E-state index is 11.1. The molecule has 1 saturated carbocycles. The normalized spacial score (nSPS) is 41.9. The fraction of sp³-hybridized carbons (Fsp3) is 0.500. The molecule has 1 aromatic heterocycles. The average Bonchev–Trinajstić information content (AvgIpc) is 3.23. The minimum atomic E-state index is -3.47. The number of hydrogen-bond acceptors (Lipinski definition) is 2. The molecule has 3 heteroatoms. The summed E-state index contributed by atoms with van der Waals surface area (Å²) in [4.78, 5) is 4.10. The summed E-state index contributed by atoms with van der Waals surface area (Å²) < 4.78 is 83.1. The average molecular weight is 292 g/mol. The zero-order chi connectivity index (χ0) is 23.2. The number of hydrogen-bond donors (Lipinski definition) is 1.